The van der Waals surface area contributed by atoms with Gasteiger partial charge in [-0.05, 0) is 45.8 Å². The average Bonchev–Trinajstić information content (AvgIpc) is 2.63. The lowest BCUT2D eigenvalue weighted by molar-refractivity contribution is 0.409. The molecule has 3 rings (SSSR count). The molecule has 0 unspecified atom stereocenters. The minimum Gasteiger partial charge on any atom is -0.494 e. The maximum Gasteiger partial charge on any atom is 0.352 e. The van der Waals surface area contributed by atoms with Crippen LogP contribution in [0.4, 0.5) is 0 Å². The predicted molar refractivity (Wildman–Crippen MR) is 98.9 cm³/mol. The molecule has 8 heteroatoms. The maximum absolute atomic E-state index is 12.8. The fourth-order valence-electron chi connectivity index (χ4n) is 2.36. The number of ether oxygens (including phenoxy) is 1. The Morgan fingerprint density at radius 3 is 2.48 bits per heavy atom. The number of aromatic nitrogens is 3. The first kappa shape index (κ1) is 17.4. The molecule has 0 atom stereocenters. The lowest BCUT2D eigenvalue weighted by atomic mass is 10.2. The van der Waals surface area contributed by atoms with Gasteiger partial charge in [-0.15, -0.1) is 0 Å². The lowest BCUT2D eigenvalue weighted by Crippen LogP contribution is -2.41. The molecule has 0 aliphatic heterocycles. The van der Waals surface area contributed by atoms with Gasteiger partial charge in [0.2, 0.25) is 0 Å². The fourth-order valence-corrected chi connectivity index (χ4v) is 2.86. The second-order valence-electron chi connectivity index (χ2n) is 5.17. The van der Waals surface area contributed by atoms with Crippen LogP contribution in [-0.4, -0.2) is 21.5 Å². The molecule has 0 saturated heterocycles. The minimum atomic E-state index is -0.562. The highest BCUT2D eigenvalue weighted by Crippen LogP contribution is 2.20. The summed E-state index contributed by atoms with van der Waals surface area (Å²) in [4.78, 5) is 25.2. The number of para-hydroxylation sites is 2. The van der Waals surface area contributed by atoms with E-state index in [4.69, 9.17) is 16.3 Å². The zero-order chi connectivity index (χ0) is 18.0. The first-order valence-corrected chi connectivity index (χ1v) is 8.46. The molecule has 0 aliphatic carbocycles. The molecule has 0 radical (unpaired) electrons. The molecule has 0 bridgehead atoms. The van der Waals surface area contributed by atoms with Gasteiger partial charge in [-0.2, -0.15) is 9.78 Å². The Labute approximate surface area is 156 Å². The van der Waals surface area contributed by atoms with Crippen LogP contribution in [0.3, 0.4) is 0 Å². The third kappa shape index (κ3) is 3.52. The molecule has 128 valence electrons. The standard InChI is InChI=1S/C17H13BrClN3O3/c1-25-14-5-3-2-4-13(14)22-17(24)21(16(23)15(18)20-22)10-11-6-8-12(19)9-7-11/h2-9H,10H2,1H3. The number of methoxy groups -OCH3 is 1. The van der Waals surface area contributed by atoms with E-state index in [-0.39, 0.29) is 11.1 Å². The Bertz CT molecular complexity index is 1030. The normalized spacial score (nSPS) is 10.7. The molecule has 0 N–H and O–H groups in total. The Balaban J connectivity index is 2.17. The number of hydrogen-bond donors (Lipinski definition) is 0. The van der Waals surface area contributed by atoms with E-state index in [0.29, 0.717) is 16.5 Å². The van der Waals surface area contributed by atoms with E-state index in [1.807, 2.05) is 0 Å². The number of rotatable bonds is 4. The zero-order valence-corrected chi connectivity index (χ0v) is 15.5. The second-order valence-corrected chi connectivity index (χ2v) is 6.36. The van der Waals surface area contributed by atoms with Gasteiger partial charge in [0.1, 0.15) is 11.4 Å². The van der Waals surface area contributed by atoms with Gasteiger partial charge in [0.25, 0.3) is 5.56 Å². The van der Waals surface area contributed by atoms with E-state index in [2.05, 4.69) is 21.0 Å². The van der Waals surface area contributed by atoms with Gasteiger partial charge in [0.15, 0.2) is 4.60 Å². The molecule has 6 nitrogen and oxygen atoms in total. The first-order chi connectivity index (χ1) is 12.0. The molecule has 1 heterocycles. The molecule has 3 aromatic rings. The molecular formula is C17H13BrClN3O3. The van der Waals surface area contributed by atoms with E-state index < -0.39 is 11.2 Å². The maximum atomic E-state index is 12.8. The Morgan fingerprint density at radius 1 is 1.12 bits per heavy atom. The van der Waals surface area contributed by atoms with E-state index >= 15 is 0 Å². The summed E-state index contributed by atoms with van der Waals surface area (Å²) in [6.07, 6.45) is 0. The molecule has 25 heavy (non-hydrogen) atoms. The lowest BCUT2D eigenvalue weighted by Gasteiger charge is -2.12. The number of nitrogens with zero attached hydrogens (tertiary/aromatic N) is 3. The first-order valence-electron chi connectivity index (χ1n) is 7.29. The fraction of sp³-hybridized carbons (Fsp3) is 0.118. The van der Waals surface area contributed by atoms with Crippen molar-refractivity contribution >= 4 is 27.5 Å². The summed E-state index contributed by atoms with van der Waals surface area (Å²) in [6.45, 7) is 0.102. The highest BCUT2D eigenvalue weighted by Gasteiger charge is 2.15. The number of halogens is 2. The third-order valence-electron chi connectivity index (χ3n) is 3.59. The van der Waals surface area contributed by atoms with Crippen LogP contribution in [0.1, 0.15) is 5.56 Å². The van der Waals surface area contributed by atoms with Gasteiger partial charge in [0.05, 0.1) is 13.7 Å². The highest BCUT2D eigenvalue weighted by molar-refractivity contribution is 9.10. The van der Waals surface area contributed by atoms with E-state index in [1.165, 1.54) is 7.11 Å². The zero-order valence-electron chi connectivity index (χ0n) is 13.1. The van der Waals surface area contributed by atoms with Crippen molar-refractivity contribution in [1.29, 1.82) is 0 Å². The second kappa shape index (κ2) is 7.25. The van der Waals surface area contributed by atoms with E-state index in [0.717, 1.165) is 14.8 Å². The van der Waals surface area contributed by atoms with Crippen LogP contribution in [0.25, 0.3) is 5.69 Å². The number of benzene rings is 2. The molecule has 0 saturated carbocycles. The van der Waals surface area contributed by atoms with Crippen molar-refractivity contribution in [3.8, 4) is 11.4 Å². The van der Waals surface area contributed by atoms with E-state index in [1.54, 1.807) is 48.5 Å². The summed E-state index contributed by atoms with van der Waals surface area (Å²) in [6, 6.07) is 13.9. The molecule has 0 spiro atoms. The van der Waals surface area contributed by atoms with Crippen molar-refractivity contribution in [3.63, 3.8) is 0 Å². The Morgan fingerprint density at radius 2 is 1.80 bits per heavy atom. The highest BCUT2D eigenvalue weighted by atomic mass is 79.9. The van der Waals surface area contributed by atoms with Gasteiger partial charge >= 0.3 is 5.69 Å². The number of hydrogen-bond acceptors (Lipinski definition) is 4. The van der Waals surface area contributed by atoms with Crippen molar-refractivity contribution < 1.29 is 4.74 Å². The van der Waals surface area contributed by atoms with Crippen molar-refractivity contribution in [1.82, 2.24) is 14.3 Å². The largest absolute Gasteiger partial charge is 0.494 e. The van der Waals surface area contributed by atoms with Crippen LogP contribution in [0.15, 0.2) is 62.7 Å². The minimum absolute atomic E-state index is 0.0342. The Kier molecular flexibility index (Phi) is 5.06. The van der Waals surface area contributed by atoms with Crippen LogP contribution in [0.5, 0.6) is 5.75 Å². The predicted octanol–water partition coefficient (Wildman–Crippen LogP) is 2.87. The molecule has 0 amide bonds. The molecule has 0 fully saturated rings. The molecule has 0 aliphatic rings. The smallest absolute Gasteiger partial charge is 0.352 e. The van der Waals surface area contributed by atoms with Crippen LogP contribution in [0.2, 0.25) is 5.02 Å². The summed E-state index contributed by atoms with van der Waals surface area (Å²) in [5.41, 5.74) is 0.146. The summed E-state index contributed by atoms with van der Waals surface area (Å²) >= 11 is 9.01. The van der Waals surface area contributed by atoms with Crippen LogP contribution in [0, 0.1) is 0 Å². The van der Waals surface area contributed by atoms with Crippen molar-refractivity contribution in [2.75, 3.05) is 7.11 Å². The van der Waals surface area contributed by atoms with Gasteiger partial charge in [-0.25, -0.2) is 4.79 Å². The SMILES string of the molecule is COc1ccccc1-n1nc(Br)c(=O)n(Cc2ccc(Cl)cc2)c1=O. The van der Waals surface area contributed by atoms with Crippen molar-refractivity contribution in [2.24, 2.45) is 0 Å². The van der Waals surface area contributed by atoms with Gasteiger partial charge in [-0.1, -0.05) is 35.9 Å². The topological polar surface area (TPSA) is 66.1 Å². The summed E-state index contributed by atoms with van der Waals surface area (Å²) in [7, 11) is 1.50. The summed E-state index contributed by atoms with van der Waals surface area (Å²) in [5, 5.41) is 4.64. The van der Waals surface area contributed by atoms with E-state index in [9.17, 15) is 9.59 Å². The van der Waals surface area contributed by atoms with Gasteiger partial charge in [0, 0.05) is 5.02 Å². The third-order valence-corrected chi connectivity index (χ3v) is 4.34. The van der Waals surface area contributed by atoms with Crippen LogP contribution in [-0.2, 0) is 6.54 Å². The monoisotopic (exact) mass is 421 g/mol. The molecule has 1 aromatic heterocycles. The molecule has 2 aromatic carbocycles. The summed E-state index contributed by atoms with van der Waals surface area (Å²) < 4.78 is 7.56. The summed E-state index contributed by atoms with van der Waals surface area (Å²) in [5.74, 6) is 0.473. The molecular weight excluding hydrogens is 410 g/mol. The quantitative estimate of drug-likeness (QED) is 0.648. The van der Waals surface area contributed by atoms with Gasteiger partial charge < -0.3 is 4.74 Å². The van der Waals surface area contributed by atoms with Gasteiger partial charge in [-0.3, -0.25) is 9.36 Å². The average molecular weight is 423 g/mol. The van der Waals surface area contributed by atoms with Crippen molar-refractivity contribution in [2.45, 2.75) is 6.54 Å². The Hall–Kier alpha value is -2.38. The van der Waals surface area contributed by atoms with Crippen molar-refractivity contribution in [3.05, 3.63) is 84.6 Å². The van der Waals surface area contributed by atoms with Crippen LogP contribution >= 0.6 is 27.5 Å². The van der Waals surface area contributed by atoms with Crippen LogP contribution < -0.4 is 16.0 Å².